The lowest BCUT2D eigenvalue weighted by atomic mass is 9.97. The average molecular weight is 379 g/mol. The van der Waals surface area contributed by atoms with Crippen molar-refractivity contribution in [2.45, 2.75) is 44.2 Å². The summed E-state index contributed by atoms with van der Waals surface area (Å²) in [5.41, 5.74) is 9.66. The van der Waals surface area contributed by atoms with Crippen LogP contribution in [-0.4, -0.2) is 49.9 Å². The Morgan fingerprint density at radius 1 is 1.37 bits per heavy atom. The molecule has 0 bridgehead atoms. The number of nitrogens with zero attached hydrogens (tertiary/aromatic N) is 3. The van der Waals surface area contributed by atoms with E-state index in [0.717, 1.165) is 5.56 Å². The molecule has 1 saturated heterocycles. The zero-order valence-electron chi connectivity index (χ0n) is 14.9. The summed E-state index contributed by atoms with van der Waals surface area (Å²) in [7, 11) is 0. The first-order valence-electron chi connectivity index (χ1n) is 8.42. The maximum absolute atomic E-state index is 14.5. The molecule has 1 heterocycles. The number of hydrogen-bond donors (Lipinski definition) is 0. The minimum Gasteiger partial charge on any atom is -0.463 e. The Balaban J connectivity index is 2.23. The minimum absolute atomic E-state index is 0.135. The highest BCUT2D eigenvalue weighted by Crippen LogP contribution is 2.30. The van der Waals surface area contributed by atoms with E-state index in [1.807, 2.05) is 30.3 Å². The fourth-order valence-electron chi connectivity index (χ4n) is 2.73. The molecule has 1 aromatic carbocycles. The van der Waals surface area contributed by atoms with Crippen LogP contribution in [0, 0.1) is 0 Å². The molecule has 2 rings (SSSR count). The first kappa shape index (κ1) is 20.9. The van der Waals surface area contributed by atoms with Crippen LogP contribution < -0.4 is 0 Å². The summed E-state index contributed by atoms with van der Waals surface area (Å²) < 4.78 is 36.3. The van der Waals surface area contributed by atoms with Gasteiger partial charge in [0.25, 0.3) is 0 Å². The van der Waals surface area contributed by atoms with Crippen molar-refractivity contribution in [1.29, 1.82) is 0 Å². The van der Waals surface area contributed by atoms with Crippen LogP contribution >= 0.6 is 0 Å². The Kier molecular flexibility index (Phi) is 8.22. The number of hydrogen-bond acceptors (Lipinski definition) is 6. The van der Waals surface area contributed by atoms with Crippen molar-refractivity contribution in [3.63, 3.8) is 0 Å². The quantitative estimate of drug-likeness (QED) is 0.216. The highest BCUT2D eigenvalue weighted by molar-refractivity contribution is 5.65. The zero-order chi connectivity index (χ0) is 19.6. The van der Waals surface area contributed by atoms with Gasteiger partial charge in [0.2, 0.25) is 6.36 Å². The fourth-order valence-corrected chi connectivity index (χ4v) is 2.73. The summed E-state index contributed by atoms with van der Waals surface area (Å²) in [5.74, 6) is -0.532. The number of rotatable bonds is 9. The molecule has 9 heteroatoms. The highest BCUT2D eigenvalue weighted by Gasteiger charge is 2.48. The van der Waals surface area contributed by atoms with Gasteiger partial charge in [-0.1, -0.05) is 41.5 Å². The van der Waals surface area contributed by atoms with Crippen molar-refractivity contribution in [2.24, 2.45) is 5.11 Å². The van der Waals surface area contributed by atoms with E-state index in [-0.39, 0.29) is 19.8 Å². The fraction of sp³-hybridized carbons (Fsp3) is 0.500. The molecule has 8 nitrogen and oxygen atoms in total. The lowest BCUT2D eigenvalue weighted by Gasteiger charge is -2.42. The number of alkyl halides is 1. The van der Waals surface area contributed by atoms with Crippen molar-refractivity contribution in [3.05, 3.63) is 59.0 Å². The van der Waals surface area contributed by atoms with Gasteiger partial charge in [-0.25, -0.2) is 4.39 Å². The normalized spacial score (nSPS) is 27.4. The van der Waals surface area contributed by atoms with E-state index in [2.05, 4.69) is 16.6 Å². The summed E-state index contributed by atoms with van der Waals surface area (Å²) >= 11 is 0. The van der Waals surface area contributed by atoms with Gasteiger partial charge in [0, 0.05) is 11.8 Å². The molecule has 0 aliphatic carbocycles. The van der Waals surface area contributed by atoms with Crippen LogP contribution in [0.5, 0.6) is 0 Å². The Hall–Kier alpha value is -2.45. The smallest absolute Gasteiger partial charge is 0.302 e. The van der Waals surface area contributed by atoms with Gasteiger partial charge in [-0.2, -0.15) is 0 Å². The zero-order valence-corrected chi connectivity index (χ0v) is 14.9. The van der Waals surface area contributed by atoms with Crippen LogP contribution in [0.3, 0.4) is 0 Å². The summed E-state index contributed by atoms with van der Waals surface area (Å²) in [4.78, 5) is 13.8. The van der Waals surface area contributed by atoms with Gasteiger partial charge >= 0.3 is 5.97 Å². The van der Waals surface area contributed by atoms with Crippen LogP contribution in [0.25, 0.3) is 10.4 Å². The van der Waals surface area contributed by atoms with Gasteiger partial charge in [-0.05, 0) is 11.1 Å². The first-order valence-corrected chi connectivity index (χ1v) is 8.42. The van der Waals surface area contributed by atoms with E-state index in [9.17, 15) is 9.18 Å². The highest BCUT2D eigenvalue weighted by atomic mass is 19.1. The molecule has 1 fully saturated rings. The number of ether oxygens (including phenoxy) is 4. The Bertz CT molecular complexity index is 668. The second-order valence-electron chi connectivity index (χ2n) is 5.87. The molecule has 1 aromatic rings. The molecule has 0 aromatic heterocycles. The van der Waals surface area contributed by atoms with E-state index in [1.54, 1.807) is 0 Å². The molecule has 5 atom stereocenters. The van der Waals surface area contributed by atoms with E-state index in [0.29, 0.717) is 0 Å². The number of esters is 1. The third-order valence-electron chi connectivity index (χ3n) is 3.93. The molecule has 0 spiro atoms. The molecule has 146 valence electrons. The molecule has 0 unspecified atom stereocenters. The monoisotopic (exact) mass is 379 g/mol. The maximum Gasteiger partial charge on any atom is 0.302 e. The van der Waals surface area contributed by atoms with Crippen LogP contribution in [0.2, 0.25) is 0 Å². The van der Waals surface area contributed by atoms with Gasteiger partial charge in [-0.3, -0.25) is 4.79 Å². The van der Waals surface area contributed by atoms with E-state index >= 15 is 0 Å². The van der Waals surface area contributed by atoms with Crippen LogP contribution in [0.15, 0.2) is 48.1 Å². The molecule has 1 aliphatic rings. The van der Waals surface area contributed by atoms with Gasteiger partial charge in [0.05, 0.1) is 13.2 Å². The van der Waals surface area contributed by atoms with Crippen molar-refractivity contribution in [3.8, 4) is 0 Å². The Morgan fingerprint density at radius 3 is 2.74 bits per heavy atom. The standard InChI is InChI=1S/C18H22FN3O5/c1-3-9-24-16-14(11-25-12(2)23)27-18(19)15(21-22-20)17(16)26-10-13-7-5-4-6-8-13/h3-8,14-18H,1,9-11H2,2H3/t14-,15-,16-,17-,18-/m1/s1. The minimum atomic E-state index is -1.93. The second kappa shape index (κ2) is 10.6. The molecule has 1 aliphatic heterocycles. The number of carbonyl (C=O) groups is 1. The third-order valence-corrected chi connectivity index (χ3v) is 3.93. The summed E-state index contributed by atoms with van der Waals surface area (Å²) in [6.45, 7) is 4.90. The number of azide groups is 1. The van der Waals surface area contributed by atoms with Crippen LogP contribution in [0.4, 0.5) is 4.39 Å². The van der Waals surface area contributed by atoms with Gasteiger partial charge < -0.3 is 18.9 Å². The third kappa shape index (κ3) is 6.04. The molecule has 0 saturated carbocycles. The van der Waals surface area contributed by atoms with Gasteiger partial charge in [0.15, 0.2) is 0 Å². The Morgan fingerprint density at radius 2 is 2.11 bits per heavy atom. The topological polar surface area (TPSA) is 103 Å². The predicted molar refractivity (Wildman–Crippen MR) is 94.3 cm³/mol. The second-order valence-corrected chi connectivity index (χ2v) is 5.87. The Labute approximate surface area is 156 Å². The summed E-state index contributed by atoms with van der Waals surface area (Å²) in [6.07, 6.45) is -3.10. The summed E-state index contributed by atoms with van der Waals surface area (Å²) in [5, 5.41) is 3.49. The van der Waals surface area contributed by atoms with Crippen LogP contribution in [0.1, 0.15) is 12.5 Å². The maximum atomic E-state index is 14.5. The number of halogens is 1. The predicted octanol–water partition coefficient (Wildman–Crippen LogP) is 3.08. The van der Waals surface area contributed by atoms with E-state index in [4.69, 9.17) is 24.5 Å². The molecule has 0 amide bonds. The van der Waals surface area contributed by atoms with Crippen molar-refractivity contribution < 1.29 is 28.1 Å². The lowest BCUT2D eigenvalue weighted by Crippen LogP contribution is -2.58. The molecular weight excluding hydrogens is 357 g/mol. The van der Waals surface area contributed by atoms with Crippen molar-refractivity contribution in [2.75, 3.05) is 13.2 Å². The van der Waals surface area contributed by atoms with Crippen LogP contribution in [-0.2, 0) is 30.3 Å². The summed E-state index contributed by atoms with van der Waals surface area (Å²) in [6, 6.07) is 8.02. The van der Waals surface area contributed by atoms with Crippen molar-refractivity contribution in [1.82, 2.24) is 0 Å². The van der Waals surface area contributed by atoms with E-state index < -0.39 is 36.7 Å². The largest absolute Gasteiger partial charge is 0.463 e. The van der Waals surface area contributed by atoms with E-state index in [1.165, 1.54) is 13.0 Å². The first-order chi connectivity index (χ1) is 13.1. The molecular formula is C18H22FN3O5. The number of benzene rings is 1. The molecule has 27 heavy (non-hydrogen) atoms. The average Bonchev–Trinajstić information content (AvgIpc) is 2.66. The van der Waals surface area contributed by atoms with Gasteiger partial charge in [-0.15, -0.1) is 6.58 Å². The molecule has 0 radical (unpaired) electrons. The van der Waals surface area contributed by atoms with Crippen molar-refractivity contribution >= 4 is 5.97 Å². The molecule has 0 N–H and O–H groups in total. The number of carbonyl (C=O) groups excluding carboxylic acids is 1. The lowest BCUT2D eigenvalue weighted by molar-refractivity contribution is -0.247. The van der Waals surface area contributed by atoms with Gasteiger partial charge in [0.1, 0.15) is 31.0 Å². The SMILES string of the molecule is C=CCO[C@H]1[C@H](OCc2ccccc2)[C@@H](N=[N+]=[N-])[C@H](F)O[C@@H]1COC(C)=O.